The molecule has 6 nitrogen and oxygen atoms in total. The van der Waals surface area contributed by atoms with E-state index in [0.717, 1.165) is 0 Å². The van der Waals surface area contributed by atoms with Gasteiger partial charge in [-0.15, -0.1) is 0 Å². The van der Waals surface area contributed by atoms with Crippen LogP contribution < -0.4 is 14.4 Å². The third-order valence-corrected chi connectivity index (χ3v) is 6.12. The standard InChI is InChI=1S/C22H22N2O4S/c1-3-28-20-13-9-17(10-14-20)22(25)23-18-11-15-21(16-12-18)29(26,27)24(2)19-7-5-4-6-8-19/h4-16H,3H2,1-2H3,(H,23,25). The van der Waals surface area contributed by atoms with Crippen LogP contribution in [0, 0.1) is 0 Å². The molecule has 1 amide bonds. The van der Waals surface area contributed by atoms with Crippen molar-refractivity contribution in [2.24, 2.45) is 0 Å². The average molecular weight is 410 g/mol. The number of sulfonamides is 1. The van der Waals surface area contributed by atoms with Crippen LogP contribution in [0.5, 0.6) is 5.75 Å². The fourth-order valence-corrected chi connectivity index (χ4v) is 3.91. The molecule has 29 heavy (non-hydrogen) atoms. The number of carbonyl (C=O) groups excluding carboxylic acids is 1. The molecule has 0 saturated carbocycles. The number of amides is 1. The summed E-state index contributed by atoms with van der Waals surface area (Å²) in [4.78, 5) is 12.5. The SMILES string of the molecule is CCOc1ccc(C(=O)Nc2ccc(S(=O)(=O)N(C)c3ccccc3)cc2)cc1. The van der Waals surface area contributed by atoms with E-state index in [-0.39, 0.29) is 10.8 Å². The van der Waals surface area contributed by atoms with Gasteiger partial charge in [-0.05, 0) is 67.6 Å². The highest BCUT2D eigenvalue weighted by Crippen LogP contribution is 2.23. The van der Waals surface area contributed by atoms with Crippen LogP contribution in [0.15, 0.2) is 83.8 Å². The lowest BCUT2D eigenvalue weighted by atomic mass is 10.2. The Labute approximate surface area is 170 Å². The highest BCUT2D eigenvalue weighted by molar-refractivity contribution is 7.92. The monoisotopic (exact) mass is 410 g/mol. The van der Waals surface area contributed by atoms with Crippen molar-refractivity contribution in [1.29, 1.82) is 0 Å². The Balaban J connectivity index is 1.72. The van der Waals surface area contributed by atoms with Gasteiger partial charge in [0.2, 0.25) is 0 Å². The predicted molar refractivity (Wildman–Crippen MR) is 114 cm³/mol. The van der Waals surface area contributed by atoms with Crippen molar-refractivity contribution in [3.8, 4) is 5.75 Å². The van der Waals surface area contributed by atoms with Crippen molar-refractivity contribution in [2.75, 3.05) is 23.3 Å². The number of benzene rings is 3. The molecule has 0 aromatic heterocycles. The maximum absolute atomic E-state index is 12.8. The molecule has 0 aliphatic heterocycles. The summed E-state index contributed by atoms with van der Waals surface area (Å²) in [5, 5.41) is 2.76. The Morgan fingerprint density at radius 1 is 0.931 bits per heavy atom. The molecular formula is C22H22N2O4S. The van der Waals surface area contributed by atoms with Crippen LogP contribution in [0.4, 0.5) is 11.4 Å². The molecule has 0 radical (unpaired) electrons. The summed E-state index contributed by atoms with van der Waals surface area (Å²) in [6.07, 6.45) is 0. The fourth-order valence-electron chi connectivity index (χ4n) is 2.72. The number of ether oxygens (including phenoxy) is 1. The Hall–Kier alpha value is -3.32. The topological polar surface area (TPSA) is 75.7 Å². The normalized spacial score (nSPS) is 11.0. The summed E-state index contributed by atoms with van der Waals surface area (Å²) >= 11 is 0. The smallest absolute Gasteiger partial charge is 0.264 e. The Bertz CT molecular complexity index is 1060. The van der Waals surface area contributed by atoms with Crippen molar-refractivity contribution >= 4 is 27.3 Å². The van der Waals surface area contributed by atoms with Crippen molar-refractivity contribution in [3.05, 3.63) is 84.4 Å². The molecule has 3 aromatic rings. The van der Waals surface area contributed by atoms with E-state index in [9.17, 15) is 13.2 Å². The number of carbonyl (C=O) groups is 1. The van der Waals surface area contributed by atoms with Crippen LogP contribution in [-0.4, -0.2) is 28.0 Å². The molecule has 0 unspecified atom stereocenters. The summed E-state index contributed by atoms with van der Waals surface area (Å²) in [7, 11) is -2.19. The van der Waals surface area contributed by atoms with Gasteiger partial charge in [0.25, 0.3) is 15.9 Å². The molecule has 0 aliphatic carbocycles. The van der Waals surface area contributed by atoms with Gasteiger partial charge in [0.05, 0.1) is 17.2 Å². The lowest BCUT2D eigenvalue weighted by Crippen LogP contribution is -2.26. The minimum absolute atomic E-state index is 0.142. The molecule has 0 spiro atoms. The Kier molecular flexibility index (Phi) is 6.19. The summed E-state index contributed by atoms with van der Waals surface area (Å²) in [5.74, 6) is 0.409. The predicted octanol–water partition coefficient (Wildman–Crippen LogP) is 4.16. The number of hydrogen-bond donors (Lipinski definition) is 1. The van der Waals surface area contributed by atoms with Gasteiger partial charge in [0, 0.05) is 18.3 Å². The summed E-state index contributed by atoms with van der Waals surface area (Å²) in [5.41, 5.74) is 1.56. The molecule has 1 N–H and O–H groups in total. The van der Waals surface area contributed by atoms with Crippen LogP contribution in [-0.2, 0) is 10.0 Å². The van der Waals surface area contributed by atoms with Crippen molar-refractivity contribution < 1.29 is 17.9 Å². The number of nitrogens with zero attached hydrogens (tertiary/aromatic N) is 1. The maximum atomic E-state index is 12.8. The van der Waals surface area contributed by atoms with E-state index in [0.29, 0.717) is 29.3 Å². The van der Waals surface area contributed by atoms with Crippen LogP contribution in [0.2, 0.25) is 0 Å². The second-order valence-electron chi connectivity index (χ2n) is 6.24. The third kappa shape index (κ3) is 4.75. The van der Waals surface area contributed by atoms with Gasteiger partial charge in [0.1, 0.15) is 5.75 Å². The quantitative estimate of drug-likeness (QED) is 0.635. The van der Waals surface area contributed by atoms with E-state index < -0.39 is 10.0 Å². The van der Waals surface area contributed by atoms with Crippen LogP contribution in [0.3, 0.4) is 0 Å². The minimum atomic E-state index is -3.69. The highest BCUT2D eigenvalue weighted by atomic mass is 32.2. The van der Waals surface area contributed by atoms with Crippen LogP contribution in [0.25, 0.3) is 0 Å². The Morgan fingerprint density at radius 3 is 2.14 bits per heavy atom. The number of para-hydroxylation sites is 1. The van der Waals surface area contributed by atoms with Crippen molar-refractivity contribution in [1.82, 2.24) is 0 Å². The number of anilines is 2. The van der Waals surface area contributed by atoms with Gasteiger partial charge >= 0.3 is 0 Å². The van der Waals surface area contributed by atoms with E-state index in [2.05, 4.69) is 5.32 Å². The van der Waals surface area contributed by atoms with E-state index in [1.165, 1.54) is 23.5 Å². The molecule has 0 bridgehead atoms. The zero-order chi connectivity index (χ0) is 20.9. The molecule has 0 fully saturated rings. The first kappa shape index (κ1) is 20.4. The number of nitrogens with one attached hydrogen (secondary N) is 1. The van der Waals surface area contributed by atoms with Gasteiger partial charge in [-0.2, -0.15) is 0 Å². The Morgan fingerprint density at radius 2 is 1.55 bits per heavy atom. The maximum Gasteiger partial charge on any atom is 0.264 e. The number of rotatable bonds is 7. The molecule has 150 valence electrons. The van der Waals surface area contributed by atoms with Crippen LogP contribution >= 0.6 is 0 Å². The van der Waals surface area contributed by atoms with Gasteiger partial charge in [-0.25, -0.2) is 8.42 Å². The molecule has 3 rings (SSSR count). The summed E-state index contributed by atoms with van der Waals surface area (Å²) < 4.78 is 32.2. The van der Waals surface area contributed by atoms with Gasteiger partial charge in [0.15, 0.2) is 0 Å². The third-order valence-electron chi connectivity index (χ3n) is 4.32. The summed E-state index contributed by atoms with van der Waals surface area (Å²) in [6, 6.07) is 21.7. The van der Waals surface area contributed by atoms with Crippen LogP contribution in [0.1, 0.15) is 17.3 Å². The first-order valence-electron chi connectivity index (χ1n) is 9.10. The van der Waals surface area contributed by atoms with E-state index in [1.54, 1.807) is 60.7 Å². The fraction of sp³-hybridized carbons (Fsp3) is 0.136. The zero-order valence-electron chi connectivity index (χ0n) is 16.2. The molecule has 0 saturated heterocycles. The number of hydrogen-bond acceptors (Lipinski definition) is 4. The lowest BCUT2D eigenvalue weighted by molar-refractivity contribution is 0.102. The minimum Gasteiger partial charge on any atom is -0.494 e. The molecule has 0 heterocycles. The average Bonchev–Trinajstić information content (AvgIpc) is 2.75. The first-order valence-corrected chi connectivity index (χ1v) is 10.5. The van der Waals surface area contributed by atoms with E-state index in [1.807, 2.05) is 13.0 Å². The second kappa shape index (κ2) is 8.79. The van der Waals surface area contributed by atoms with Crippen molar-refractivity contribution in [3.63, 3.8) is 0 Å². The molecule has 0 atom stereocenters. The summed E-state index contributed by atoms with van der Waals surface area (Å²) in [6.45, 7) is 2.45. The van der Waals surface area contributed by atoms with Gasteiger partial charge < -0.3 is 10.1 Å². The van der Waals surface area contributed by atoms with Gasteiger partial charge in [-0.1, -0.05) is 18.2 Å². The largest absolute Gasteiger partial charge is 0.494 e. The first-order chi connectivity index (χ1) is 13.9. The second-order valence-corrected chi connectivity index (χ2v) is 8.21. The molecule has 7 heteroatoms. The van der Waals surface area contributed by atoms with E-state index >= 15 is 0 Å². The van der Waals surface area contributed by atoms with Crippen molar-refractivity contribution in [2.45, 2.75) is 11.8 Å². The highest BCUT2D eigenvalue weighted by Gasteiger charge is 2.21. The zero-order valence-corrected chi connectivity index (χ0v) is 17.0. The molecule has 0 aliphatic rings. The van der Waals surface area contributed by atoms with E-state index in [4.69, 9.17) is 4.74 Å². The molecular weight excluding hydrogens is 388 g/mol. The lowest BCUT2D eigenvalue weighted by Gasteiger charge is -2.19. The van der Waals surface area contributed by atoms with Gasteiger partial charge in [-0.3, -0.25) is 9.10 Å². The molecule has 3 aromatic carbocycles.